The monoisotopic (exact) mass is 518 g/mol. The van der Waals surface area contributed by atoms with Crippen molar-refractivity contribution in [3.63, 3.8) is 0 Å². The lowest BCUT2D eigenvalue weighted by molar-refractivity contribution is 0.301. The summed E-state index contributed by atoms with van der Waals surface area (Å²) >= 11 is 2.19. The number of aromatic nitrogens is 3. The van der Waals surface area contributed by atoms with Gasteiger partial charge in [0.25, 0.3) is 0 Å². The standard InChI is InChI=1S/C22H20FIN4O2/c1-14(26-21-9-10-28-22(27-21)19(24)12-25-28)18-11-16(23)5-8-20(18)30-13-15-3-6-17(29-2)7-4-15/h3-12,14H,13H2,1-2H3,(H,26,27). The molecule has 0 saturated heterocycles. The van der Waals surface area contributed by atoms with Crippen LogP contribution in [0.3, 0.4) is 0 Å². The van der Waals surface area contributed by atoms with Gasteiger partial charge in [0.05, 0.1) is 22.9 Å². The van der Waals surface area contributed by atoms with Gasteiger partial charge in [0.2, 0.25) is 0 Å². The average molecular weight is 518 g/mol. The lowest BCUT2D eigenvalue weighted by atomic mass is 10.1. The molecule has 2 heterocycles. The molecule has 154 valence electrons. The summed E-state index contributed by atoms with van der Waals surface area (Å²) < 4.78 is 27.8. The molecule has 0 bridgehead atoms. The first-order valence-corrected chi connectivity index (χ1v) is 10.4. The average Bonchev–Trinajstić information content (AvgIpc) is 3.13. The van der Waals surface area contributed by atoms with Gasteiger partial charge >= 0.3 is 0 Å². The Morgan fingerprint density at radius 1 is 1.17 bits per heavy atom. The van der Waals surface area contributed by atoms with E-state index in [1.54, 1.807) is 23.9 Å². The maximum atomic E-state index is 14.0. The van der Waals surface area contributed by atoms with E-state index in [4.69, 9.17) is 9.47 Å². The summed E-state index contributed by atoms with van der Waals surface area (Å²) in [5.74, 6) is 1.77. The second-order valence-electron chi connectivity index (χ2n) is 6.76. The Hall–Kier alpha value is -2.88. The first-order valence-electron chi connectivity index (χ1n) is 9.35. The number of hydrogen-bond donors (Lipinski definition) is 1. The van der Waals surface area contributed by atoms with Gasteiger partial charge in [0, 0.05) is 11.8 Å². The molecule has 0 radical (unpaired) electrons. The van der Waals surface area contributed by atoms with E-state index in [-0.39, 0.29) is 11.9 Å². The van der Waals surface area contributed by atoms with E-state index in [9.17, 15) is 4.39 Å². The highest BCUT2D eigenvalue weighted by molar-refractivity contribution is 14.1. The Morgan fingerprint density at radius 3 is 2.73 bits per heavy atom. The number of ether oxygens (including phenoxy) is 2. The molecule has 1 unspecified atom stereocenters. The van der Waals surface area contributed by atoms with Gasteiger partial charge in [-0.3, -0.25) is 0 Å². The molecule has 8 heteroatoms. The van der Waals surface area contributed by atoms with Crippen molar-refractivity contribution in [2.45, 2.75) is 19.6 Å². The molecule has 1 N–H and O–H groups in total. The van der Waals surface area contributed by atoms with Gasteiger partial charge in [-0.2, -0.15) is 5.10 Å². The highest BCUT2D eigenvalue weighted by Crippen LogP contribution is 2.29. The predicted molar refractivity (Wildman–Crippen MR) is 121 cm³/mol. The van der Waals surface area contributed by atoms with Gasteiger partial charge in [-0.25, -0.2) is 13.9 Å². The molecule has 30 heavy (non-hydrogen) atoms. The van der Waals surface area contributed by atoms with Crippen molar-refractivity contribution in [2.75, 3.05) is 12.4 Å². The number of anilines is 1. The fourth-order valence-corrected chi connectivity index (χ4v) is 3.59. The number of rotatable bonds is 7. The van der Waals surface area contributed by atoms with E-state index in [1.807, 2.05) is 43.5 Å². The fraction of sp³-hybridized carbons (Fsp3) is 0.182. The maximum absolute atomic E-state index is 14.0. The van der Waals surface area contributed by atoms with Crippen LogP contribution >= 0.6 is 22.6 Å². The largest absolute Gasteiger partial charge is 0.497 e. The van der Waals surface area contributed by atoms with Crippen LogP contribution in [0, 0.1) is 9.39 Å². The van der Waals surface area contributed by atoms with E-state index in [0.717, 1.165) is 20.5 Å². The minimum absolute atomic E-state index is 0.220. The number of benzene rings is 2. The van der Waals surface area contributed by atoms with Crippen LogP contribution < -0.4 is 14.8 Å². The Bertz CT molecular complexity index is 1160. The molecule has 0 fully saturated rings. The number of halogens is 2. The molecule has 4 rings (SSSR count). The molecular weight excluding hydrogens is 498 g/mol. The van der Waals surface area contributed by atoms with Crippen LogP contribution in [-0.2, 0) is 6.61 Å². The van der Waals surface area contributed by atoms with E-state index in [1.165, 1.54) is 12.1 Å². The number of methoxy groups -OCH3 is 1. The Labute approximate surface area is 187 Å². The van der Waals surface area contributed by atoms with E-state index < -0.39 is 0 Å². The van der Waals surface area contributed by atoms with E-state index in [2.05, 4.69) is 38.0 Å². The smallest absolute Gasteiger partial charge is 0.170 e. The second-order valence-corrected chi connectivity index (χ2v) is 7.92. The molecule has 2 aromatic carbocycles. The van der Waals surface area contributed by atoms with Gasteiger partial charge in [-0.05, 0) is 71.5 Å². The minimum atomic E-state index is -0.316. The van der Waals surface area contributed by atoms with Crippen molar-refractivity contribution in [3.8, 4) is 11.5 Å². The van der Waals surface area contributed by atoms with E-state index in [0.29, 0.717) is 23.7 Å². The fourth-order valence-electron chi connectivity index (χ4n) is 3.09. The summed E-state index contributed by atoms with van der Waals surface area (Å²) in [5.41, 5.74) is 2.48. The SMILES string of the molecule is COc1ccc(COc2ccc(F)cc2C(C)Nc2ccn3ncc(I)c3n2)cc1. The third-order valence-corrected chi connectivity index (χ3v) is 5.44. The Kier molecular flexibility index (Phi) is 6.03. The van der Waals surface area contributed by atoms with Crippen LogP contribution in [0.4, 0.5) is 10.2 Å². The van der Waals surface area contributed by atoms with Crippen molar-refractivity contribution < 1.29 is 13.9 Å². The molecule has 2 aromatic heterocycles. The number of fused-ring (bicyclic) bond motifs is 1. The molecule has 0 amide bonds. The van der Waals surface area contributed by atoms with Crippen molar-refractivity contribution in [1.82, 2.24) is 14.6 Å². The lowest BCUT2D eigenvalue weighted by Crippen LogP contribution is -2.11. The molecule has 0 aliphatic heterocycles. The first kappa shape index (κ1) is 20.4. The molecular formula is C22H20FIN4O2. The predicted octanol–water partition coefficient (Wildman–Crippen LogP) is 5.23. The van der Waals surface area contributed by atoms with Crippen LogP contribution in [0.2, 0.25) is 0 Å². The second kappa shape index (κ2) is 8.86. The molecule has 0 aliphatic carbocycles. The molecule has 6 nitrogen and oxygen atoms in total. The van der Waals surface area contributed by atoms with Crippen molar-refractivity contribution >= 4 is 34.1 Å². The zero-order valence-corrected chi connectivity index (χ0v) is 18.6. The van der Waals surface area contributed by atoms with Gasteiger partial charge < -0.3 is 14.8 Å². The van der Waals surface area contributed by atoms with Crippen LogP contribution in [0.15, 0.2) is 60.9 Å². The van der Waals surface area contributed by atoms with Crippen LogP contribution in [-0.4, -0.2) is 21.7 Å². The summed E-state index contributed by atoms with van der Waals surface area (Å²) in [6, 6.07) is 13.8. The quantitative estimate of drug-likeness (QED) is 0.340. The number of nitrogens with zero attached hydrogens (tertiary/aromatic N) is 3. The first-order chi connectivity index (χ1) is 14.5. The summed E-state index contributed by atoms with van der Waals surface area (Å²) in [6.45, 7) is 2.32. The summed E-state index contributed by atoms with van der Waals surface area (Å²) in [7, 11) is 1.63. The molecule has 0 spiro atoms. The Balaban J connectivity index is 1.52. The van der Waals surface area contributed by atoms with Crippen LogP contribution in [0.5, 0.6) is 11.5 Å². The minimum Gasteiger partial charge on any atom is -0.497 e. The molecule has 0 saturated carbocycles. The number of hydrogen-bond acceptors (Lipinski definition) is 5. The Morgan fingerprint density at radius 2 is 1.97 bits per heavy atom. The van der Waals surface area contributed by atoms with Crippen LogP contribution in [0.25, 0.3) is 5.65 Å². The maximum Gasteiger partial charge on any atom is 0.170 e. The third-order valence-electron chi connectivity index (χ3n) is 4.68. The lowest BCUT2D eigenvalue weighted by Gasteiger charge is -2.19. The topological polar surface area (TPSA) is 60.7 Å². The van der Waals surface area contributed by atoms with Gasteiger partial charge in [-0.15, -0.1) is 0 Å². The molecule has 1 atom stereocenters. The third kappa shape index (κ3) is 4.48. The highest BCUT2D eigenvalue weighted by atomic mass is 127. The van der Waals surface area contributed by atoms with Gasteiger partial charge in [0.15, 0.2) is 5.65 Å². The summed E-state index contributed by atoms with van der Waals surface area (Å²) in [5, 5.41) is 7.56. The van der Waals surface area contributed by atoms with Crippen molar-refractivity contribution in [1.29, 1.82) is 0 Å². The van der Waals surface area contributed by atoms with Gasteiger partial charge in [0.1, 0.15) is 29.7 Å². The normalized spacial score (nSPS) is 12.0. The molecule has 0 aliphatic rings. The summed E-state index contributed by atoms with van der Waals surface area (Å²) in [4.78, 5) is 4.60. The highest BCUT2D eigenvalue weighted by Gasteiger charge is 2.15. The van der Waals surface area contributed by atoms with E-state index >= 15 is 0 Å². The van der Waals surface area contributed by atoms with Crippen molar-refractivity contribution in [3.05, 3.63) is 81.4 Å². The summed E-state index contributed by atoms with van der Waals surface area (Å²) in [6.07, 6.45) is 3.60. The van der Waals surface area contributed by atoms with Gasteiger partial charge in [-0.1, -0.05) is 12.1 Å². The zero-order chi connectivity index (χ0) is 21.1. The van der Waals surface area contributed by atoms with Crippen molar-refractivity contribution in [2.24, 2.45) is 0 Å². The van der Waals surface area contributed by atoms with Crippen LogP contribution in [0.1, 0.15) is 24.1 Å². The number of nitrogens with one attached hydrogen (secondary N) is 1. The zero-order valence-electron chi connectivity index (χ0n) is 16.5. The molecule has 4 aromatic rings.